The van der Waals surface area contributed by atoms with Crippen LogP contribution < -0.4 is 5.32 Å². The number of halogens is 1. The molecule has 28 heavy (non-hydrogen) atoms. The number of aromatic nitrogens is 3. The number of amides is 1. The summed E-state index contributed by atoms with van der Waals surface area (Å²) in [5.74, 6) is 1.01. The van der Waals surface area contributed by atoms with Crippen molar-refractivity contribution in [2.75, 3.05) is 12.3 Å². The summed E-state index contributed by atoms with van der Waals surface area (Å²) in [6.07, 6.45) is 2.04. The second kappa shape index (κ2) is 10.3. The van der Waals surface area contributed by atoms with Crippen LogP contribution in [-0.2, 0) is 11.3 Å². The minimum Gasteiger partial charge on any atom is -0.355 e. The van der Waals surface area contributed by atoms with E-state index in [0.717, 1.165) is 24.0 Å². The van der Waals surface area contributed by atoms with Gasteiger partial charge in [-0.1, -0.05) is 79.2 Å². The van der Waals surface area contributed by atoms with Crippen molar-refractivity contribution in [3.63, 3.8) is 0 Å². The number of nitrogens with zero attached hydrogens (tertiary/aromatic N) is 3. The first-order chi connectivity index (χ1) is 13.7. The van der Waals surface area contributed by atoms with E-state index < -0.39 is 0 Å². The van der Waals surface area contributed by atoms with E-state index in [2.05, 4.69) is 34.6 Å². The van der Waals surface area contributed by atoms with E-state index >= 15 is 0 Å². The highest BCUT2D eigenvalue weighted by atomic mass is 35.5. The summed E-state index contributed by atoms with van der Waals surface area (Å²) in [6, 6.07) is 17.7. The summed E-state index contributed by atoms with van der Waals surface area (Å²) >= 11 is 7.78. The number of nitrogens with one attached hydrogen (secondary N) is 1. The quantitative estimate of drug-likeness (QED) is 0.408. The molecule has 0 atom stereocenters. The van der Waals surface area contributed by atoms with Crippen LogP contribution in [0, 0.1) is 0 Å². The Morgan fingerprint density at radius 3 is 2.61 bits per heavy atom. The average molecular weight is 415 g/mol. The van der Waals surface area contributed by atoms with Gasteiger partial charge in [-0.05, 0) is 24.1 Å². The third-order valence-corrected chi connectivity index (χ3v) is 5.50. The molecule has 0 aliphatic heterocycles. The van der Waals surface area contributed by atoms with E-state index in [0.29, 0.717) is 34.8 Å². The van der Waals surface area contributed by atoms with E-state index in [9.17, 15) is 4.79 Å². The topological polar surface area (TPSA) is 59.8 Å². The second-order valence-electron chi connectivity index (χ2n) is 6.35. The number of hydrogen-bond acceptors (Lipinski definition) is 4. The van der Waals surface area contributed by atoms with Crippen LogP contribution in [0.2, 0.25) is 5.02 Å². The maximum absolute atomic E-state index is 12.1. The molecule has 0 aliphatic rings. The lowest BCUT2D eigenvalue weighted by Gasteiger charge is -2.11. The SMILES string of the molecule is CCCCNC(=O)CSc1nnc(-c2ccccc2Cl)n1Cc1ccccc1. The van der Waals surface area contributed by atoms with Gasteiger partial charge in [-0.25, -0.2) is 0 Å². The lowest BCUT2D eigenvalue weighted by Crippen LogP contribution is -2.26. The molecule has 0 unspecified atom stereocenters. The fraction of sp³-hybridized carbons (Fsp3) is 0.286. The van der Waals surface area contributed by atoms with Crippen LogP contribution >= 0.6 is 23.4 Å². The second-order valence-corrected chi connectivity index (χ2v) is 7.70. The zero-order valence-electron chi connectivity index (χ0n) is 15.8. The molecule has 0 radical (unpaired) electrons. The van der Waals surface area contributed by atoms with E-state index in [1.807, 2.05) is 47.0 Å². The van der Waals surface area contributed by atoms with E-state index in [1.54, 1.807) is 0 Å². The monoisotopic (exact) mass is 414 g/mol. The van der Waals surface area contributed by atoms with Crippen molar-refractivity contribution in [1.82, 2.24) is 20.1 Å². The molecule has 7 heteroatoms. The maximum atomic E-state index is 12.1. The third kappa shape index (κ3) is 5.36. The standard InChI is InChI=1S/C21H23ClN4OS/c1-2-3-13-23-19(27)15-28-21-25-24-20(17-11-7-8-12-18(17)22)26(21)14-16-9-5-4-6-10-16/h4-12H,2-3,13-15H2,1H3,(H,23,27). The normalized spacial score (nSPS) is 10.8. The van der Waals surface area contributed by atoms with Crippen molar-refractivity contribution in [2.24, 2.45) is 0 Å². The van der Waals surface area contributed by atoms with Crippen molar-refractivity contribution >= 4 is 29.3 Å². The van der Waals surface area contributed by atoms with Crippen molar-refractivity contribution in [3.8, 4) is 11.4 Å². The first-order valence-corrected chi connectivity index (χ1v) is 10.7. The summed E-state index contributed by atoms with van der Waals surface area (Å²) in [4.78, 5) is 12.1. The Labute approximate surface area is 174 Å². The van der Waals surface area contributed by atoms with Gasteiger partial charge in [0.15, 0.2) is 11.0 Å². The van der Waals surface area contributed by atoms with Crippen LogP contribution in [0.1, 0.15) is 25.3 Å². The van der Waals surface area contributed by atoms with Gasteiger partial charge in [-0.2, -0.15) is 0 Å². The summed E-state index contributed by atoms with van der Waals surface area (Å²) in [6.45, 7) is 3.41. The molecular weight excluding hydrogens is 392 g/mol. The Kier molecular flexibility index (Phi) is 7.51. The fourth-order valence-electron chi connectivity index (χ4n) is 2.73. The van der Waals surface area contributed by atoms with Gasteiger partial charge in [-0.15, -0.1) is 10.2 Å². The zero-order valence-corrected chi connectivity index (χ0v) is 17.3. The predicted molar refractivity (Wildman–Crippen MR) is 115 cm³/mol. The van der Waals surface area contributed by atoms with Gasteiger partial charge in [0.2, 0.25) is 5.91 Å². The third-order valence-electron chi connectivity index (χ3n) is 4.20. The predicted octanol–water partition coefficient (Wildman–Crippen LogP) is 4.66. The molecule has 1 heterocycles. The molecule has 0 spiro atoms. The molecule has 0 fully saturated rings. The first kappa shape index (κ1) is 20.4. The molecule has 0 bridgehead atoms. The van der Waals surface area contributed by atoms with E-state index in [1.165, 1.54) is 11.8 Å². The number of rotatable bonds is 9. The molecule has 1 amide bonds. The number of unbranched alkanes of at least 4 members (excludes halogenated alkanes) is 1. The van der Waals surface area contributed by atoms with Crippen molar-refractivity contribution in [3.05, 3.63) is 65.2 Å². The van der Waals surface area contributed by atoms with Crippen molar-refractivity contribution in [2.45, 2.75) is 31.5 Å². The minimum absolute atomic E-state index is 0.00649. The van der Waals surface area contributed by atoms with Crippen molar-refractivity contribution in [1.29, 1.82) is 0 Å². The number of carbonyl (C=O) groups is 1. The summed E-state index contributed by atoms with van der Waals surface area (Å²) < 4.78 is 2.01. The summed E-state index contributed by atoms with van der Waals surface area (Å²) in [5, 5.41) is 13.0. The Balaban J connectivity index is 1.83. The van der Waals surface area contributed by atoms with Crippen LogP contribution in [0.3, 0.4) is 0 Å². The molecule has 3 aromatic rings. The summed E-state index contributed by atoms with van der Waals surface area (Å²) in [5.41, 5.74) is 1.96. The highest BCUT2D eigenvalue weighted by Gasteiger charge is 2.17. The van der Waals surface area contributed by atoms with Crippen LogP contribution in [0.4, 0.5) is 0 Å². The lowest BCUT2D eigenvalue weighted by molar-refractivity contribution is -0.118. The van der Waals surface area contributed by atoms with Gasteiger partial charge in [0.1, 0.15) is 0 Å². The maximum Gasteiger partial charge on any atom is 0.230 e. The highest BCUT2D eigenvalue weighted by molar-refractivity contribution is 7.99. The molecule has 146 valence electrons. The highest BCUT2D eigenvalue weighted by Crippen LogP contribution is 2.29. The van der Waals surface area contributed by atoms with Gasteiger partial charge in [-0.3, -0.25) is 9.36 Å². The number of thioether (sulfide) groups is 1. The Morgan fingerprint density at radius 1 is 1.11 bits per heavy atom. The first-order valence-electron chi connectivity index (χ1n) is 9.30. The average Bonchev–Trinajstić information content (AvgIpc) is 3.10. The largest absolute Gasteiger partial charge is 0.355 e. The van der Waals surface area contributed by atoms with Crippen LogP contribution in [0.15, 0.2) is 59.8 Å². The fourth-order valence-corrected chi connectivity index (χ4v) is 3.72. The van der Waals surface area contributed by atoms with Crippen LogP contribution in [0.5, 0.6) is 0 Å². The number of carbonyl (C=O) groups excluding carboxylic acids is 1. The lowest BCUT2D eigenvalue weighted by atomic mass is 10.2. The van der Waals surface area contributed by atoms with E-state index in [-0.39, 0.29) is 5.91 Å². The Bertz CT molecular complexity index is 914. The molecule has 0 saturated heterocycles. The number of benzene rings is 2. The van der Waals surface area contributed by atoms with Gasteiger partial charge in [0, 0.05) is 12.1 Å². The smallest absolute Gasteiger partial charge is 0.230 e. The Morgan fingerprint density at radius 2 is 1.86 bits per heavy atom. The van der Waals surface area contributed by atoms with Crippen molar-refractivity contribution < 1.29 is 4.79 Å². The molecular formula is C21H23ClN4OS. The molecule has 1 aromatic heterocycles. The molecule has 2 aromatic carbocycles. The Hall–Kier alpha value is -2.31. The molecule has 5 nitrogen and oxygen atoms in total. The van der Waals surface area contributed by atoms with Gasteiger partial charge in [0.25, 0.3) is 0 Å². The van der Waals surface area contributed by atoms with Gasteiger partial charge >= 0.3 is 0 Å². The zero-order chi connectivity index (χ0) is 19.8. The van der Waals surface area contributed by atoms with Gasteiger partial charge < -0.3 is 5.32 Å². The number of hydrogen-bond donors (Lipinski definition) is 1. The summed E-state index contributed by atoms with van der Waals surface area (Å²) in [7, 11) is 0. The molecule has 1 N–H and O–H groups in total. The van der Waals surface area contributed by atoms with Gasteiger partial charge in [0.05, 0.1) is 17.3 Å². The molecule has 3 rings (SSSR count). The van der Waals surface area contributed by atoms with Crippen LogP contribution in [0.25, 0.3) is 11.4 Å². The van der Waals surface area contributed by atoms with Crippen LogP contribution in [-0.4, -0.2) is 33.0 Å². The minimum atomic E-state index is 0.00649. The molecule has 0 saturated carbocycles. The van der Waals surface area contributed by atoms with E-state index in [4.69, 9.17) is 11.6 Å². The molecule has 0 aliphatic carbocycles.